The number of benzene rings is 3. The van der Waals surface area contributed by atoms with Crippen molar-refractivity contribution in [3.63, 3.8) is 0 Å². The van der Waals surface area contributed by atoms with Gasteiger partial charge in [0, 0.05) is 4.86 Å². The molecule has 0 heterocycles. The average Bonchev–Trinajstić information content (AvgIpc) is 2.67. The lowest BCUT2D eigenvalue weighted by Crippen LogP contribution is -1.92. The lowest BCUT2D eigenvalue weighted by Gasteiger charge is -2.03. The Hall–Kier alpha value is -2.51. The largest absolute Gasteiger partial charge is 0.0795 e. The Bertz CT molecular complexity index is 825. The number of aryl methyl sites for hydroxylation is 1. The molecule has 0 N–H and O–H groups in total. The van der Waals surface area contributed by atoms with Gasteiger partial charge >= 0.3 is 0 Å². The number of hydrogen-bond acceptors (Lipinski definition) is 1. The van der Waals surface area contributed by atoms with Crippen LogP contribution in [0.4, 0.5) is 0 Å². The third-order valence-corrected chi connectivity index (χ3v) is 4.46. The maximum Gasteiger partial charge on any atom is 0.0449 e. The van der Waals surface area contributed by atoms with Crippen molar-refractivity contribution in [3.8, 4) is 11.1 Å². The predicted octanol–water partition coefficient (Wildman–Crippen LogP) is 6.35. The first-order valence-corrected chi connectivity index (χ1v) is 8.64. The summed E-state index contributed by atoms with van der Waals surface area (Å²) in [6.45, 7) is 2.16. The van der Waals surface area contributed by atoms with E-state index in [0.717, 1.165) is 22.4 Å². The van der Waals surface area contributed by atoms with E-state index in [4.69, 9.17) is 12.2 Å². The first kappa shape index (κ1) is 16.4. The predicted molar refractivity (Wildman–Crippen MR) is 108 cm³/mol. The minimum Gasteiger partial charge on any atom is -0.0795 e. The van der Waals surface area contributed by atoms with E-state index >= 15 is 0 Å². The first-order valence-electron chi connectivity index (χ1n) is 8.23. The first-order chi connectivity index (χ1) is 11.8. The van der Waals surface area contributed by atoms with E-state index in [9.17, 15) is 0 Å². The molecule has 0 aromatic heterocycles. The van der Waals surface area contributed by atoms with Gasteiger partial charge in [-0.2, -0.15) is 0 Å². The minimum atomic E-state index is 0.866. The Labute approximate surface area is 149 Å². The van der Waals surface area contributed by atoms with Crippen LogP contribution in [0, 0.1) is 0 Å². The molecule has 3 aromatic rings. The van der Waals surface area contributed by atoms with Crippen molar-refractivity contribution in [1.82, 2.24) is 0 Å². The van der Waals surface area contributed by atoms with Crippen LogP contribution >= 0.6 is 12.2 Å². The lowest BCUT2D eigenvalue weighted by molar-refractivity contribution is 1.14. The van der Waals surface area contributed by atoms with Crippen LogP contribution < -0.4 is 0 Å². The quantitative estimate of drug-likeness (QED) is 0.299. The Morgan fingerprint density at radius 1 is 0.792 bits per heavy atom. The van der Waals surface area contributed by atoms with Crippen LogP contribution in [-0.4, -0.2) is 4.86 Å². The molecule has 118 valence electrons. The van der Waals surface area contributed by atoms with Gasteiger partial charge in [-0.05, 0) is 40.3 Å². The zero-order chi connectivity index (χ0) is 16.8. The zero-order valence-corrected chi connectivity index (χ0v) is 14.6. The summed E-state index contributed by atoms with van der Waals surface area (Å²) in [5.41, 5.74) is 6.05. The molecule has 0 aliphatic heterocycles. The van der Waals surface area contributed by atoms with Gasteiger partial charge in [-0.25, -0.2) is 0 Å². The van der Waals surface area contributed by atoms with E-state index in [2.05, 4.69) is 85.8 Å². The van der Waals surface area contributed by atoms with Crippen molar-refractivity contribution >= 4 is 23.2 Å². The molecule has 0 bridgehead atoms. The molecule has 0 saturated heterocycles. The third-order valence-electron chi connectivity index (χ3n) is 4.09. The molecule has 0 nitrogen and oxygen atoms in total. The minimum absolute atomic E-state index is 0.866. The molecular weight excluding hydrogens is 308 g/mol. The second-order valence-corrected chi connectivity index (χ2v) is 6.18. The summed E-state index contributed by atoms with van der Waals surface area (Å²) in [5, 5.41) is 0. The Balaban J connectivity index is 1.71. The van der Waals surface area contributed by atoms with Crippen molar-refractivity contribution < 1.29 is 0 Å². The fourth-order valence-corrected chi connectivity index (χ4v) is 2.79. The molecule has 0 spiro atoms. The molecule has 0 aliphatic rings. The van der Waals surface area contributed by atoms with Crippen LogP contribution in [0.5, 0.6) is 0 Å². The van der Waals surface area contributed by atoms with Crippen molar-refractivity contribution in [2.75, 3.05) is 0 Å². The molecule has 0 aliphatic carbocycles. The number of thiocarbonyl (C=S) groups is 1. The van der Waals surface area contributed by atoms with Crippen LogP contribution in [0.2, 0.25) is 0 Å². The van der Waals surface area contributed by atoms with E-state index in [1.165, 1.54) is 16.7 Å². The topological polar surface area (TPSA) is 0 Å². The van der Waals surface area contributed by atoms with Crippen LogP contribution in [0.15, 0.2) is 84.9 Å². The summed E-state index contributed by atoms with van der Waals surface area (Å²) < 4.78 is 0. The average molecular weight is 328 g/mol. The lowest BCUT2D eigenvalue weighted by atomic mass is 10.0. The Kier molecular flexibility index (Phi) is 5.35. The summed E-state index contributed by atoms with van der Waals surface area (Å²) in [6, 6.07) is 27.4. The summed E-state index contributed by atoms with van der Waals surface area (Å²) >= 11 is 5.51. The van der Waals surface area contributed by atoms with Gasteiger partial charge in [0.05, 0.1) is 0 Å². The third kappa shape index (κ3) is 4.06. The second-order valence-electron chi connectivity index (χ2n) is 5.74. The molecular formula is C23H20S. The monoisotopic (exact) mass is 328 g/mol. The standard InChI is InChI=1S/C23H20S/c1-2-18-8-15-22(16-9-18)23(24)17-12-19-10-13-21(14-11-19)20-6-4-3-5-7-20/h3-17H,2H2,1H3. The van der Waals surface area contributed by atoms with Crippen molar-refractivity contribution in [3.05, 3.63) is 102 Å². The van der Waals surface area contributed by atoms with Crippen molar-refractivity contribution in [1.29, 1.82) is 0 Å². The van der Waals surface area contributed by atoms with Gasteiger partial charge in [0.25, 0.3) is 0 Å². The SMILES string of the molecule is CCc1ccc(C(=S)C=Cc2ccc(-c3ccccc3)cc2)cc1. The molecule has 1 heteroatoms. The van der Waals surface area contributed by atoms with Crippen LogP contribution in [0.3, 0.4) is 0 Å². The van der Waals surface area contributed by atoms with Crippen LogP contribution in [-0.2, 0) is 6.42 Å². The maximum absolute atomic E-state index is 5.51. The fourth-order valence-electron chi connectivity index (χ4n) is 2.59. The highest BCUT2D eigenvalue weighted by molar-refractivity contribution is 7.81. The molecule has 0 unspecified atom stereocenters. The van der Waals surface area contributed by atoms with E-state index < -0.39 is 0 Å². The van der Waals surface area contributed by atoms with E-state index in [0.29, 0.717) is 0 Å². The second kappa shape index (κ2) is 7.85. The van der Waals surface area contributed by atoms with Gasteiger partial charge in [0.15, 0.2) is 0 Å². The number of hydrogen-bond donors (Lipinski definition) is 0. The van der Waals surface area contributed by atoms with Gasteiger partial charge in [0.1, 0.15) is 0 Å². The summed E-state index contributed by atoms with van der Waals surface area (Å²) in [4.78, 5) is 0.866. The molecule has 3 rings (SSSR count). The molecule has 0 amide bonds. The fraction of sp³-hybridized carbons (Fsp3) is 0.0870. The van der Waals surface area contributed by atoms with Crippen LogP contribution in [0.25, 0.3) is 17.2 Å². The molecule has 0 saturated carbocycles. The highest BCUT2D eigenvalue weighted by Crippen LogP contribution is 2.19. The van der Waals surface area contributed by atoms with E-state index in [-0.39, 0.29) is 0 Å². The number of rotatable bonds is 5. The van der Waals surface area contributed by atoms with E-state index in [1.54, 1.807) is 0 Å². The van der Waals surface area contributed by atoms with Gasteiger partial charge in [-0.1, -0.05) is 104 Å². The summed E-state index contributed by atoms with van der Waals surface area (Å²) in [7, 11) is 0. The van der Waals surface area contributed by atoms with Gasteiger partial charge in [-0.3, -0.25) is 0 Å². The molecule has 0 radical (unpaired) electrons. The Morgan fingerprint density at radius 2 is 1.42 bits per heavy atom. The maximum atomic E-state index is 5.51. The smallest absolute Gasteiger partial charge is 0.0449 e. The van der Waals surface area contributed by atoms with Gasteiger partial charge < -0.3 is 0 Å². The molecule has 0 atom stereocenters. The summed E-state index contributed by atoms with van der Waals surface area (Å²) in [5.74, 6) is 0. The zero-order valence-electron chi connectivity index (χ0n) is 13.8. The highest BCUT2D eigenvalue weighted by atomic mass is 32.1. The van der Waals surface area contributed by atoms with Gasteiger partial charge in [-0.15, -0.1) is 0 Å². The molecule has 3 aromatic carbocycles. The number of allylic oxidation sites excluding steroid dienone is 1. The van der Waals surface area contributed by atoms with E-state index in [1.807, 2.05) is 12.1 Å². The molecule has 24 heavy (non-hydrogen) atoms. The Morgan fingerprint density at radius 3 is 2.04 bits per heavy atom. The summed E-state index contributed by atoms with van der Waals surface area (Å²) in [6.07, 6.45) is 5.13. The van der Waals surface area contributed by atoms with Gasteiger partial charge in [0.2, 0.25) is 0 Å². The van der Waals surface area contributed by atoms with Crippen LogP contribution in [0.1, 0.15) is 23.6 Å². The van der Waals surface area contributed by atoms with Crippen molar-refractivity contribution in [2.24, 2.45) is 0 Å². The highest BCUT2D eigenvalue weighted by Gasteiger charge is 1.99. The normalized spacial score (nSPS) is 10.9. The molecule has 0 fully saturated rings. The van der Waals surface area contributed by atoms with Crippen molar-refractivity contribution in [2.45, 2.75) is 13.3 Å².